The molecule has 1 aliphatic rings. The molecule has 1 aromatic rings. The molecule has 0 bridgehead atoms. The van der Waals surface area contributed by atoms with Crippen molar-refractivity contribution in [3.63, 3.8) is 0 Å². The highest BCUT2D eigenvalue weighted by molar-refractivity contribution is 14.2. The second-order valence-corrected chi connectivity index (χ2v) is 7.85. The minimum absolute atomic E-state index is 0.470. The van der Waals surface area contributed by atoms with Crippen LogP contribution >= 0.6 is 32.6 Å². The standard InChI is InChI=1S/C16H20ClIN4O/c1-3-11-21(4-2)15-8-6-14(7-9-15)19-20-16-10-5-13(17)12-22(23)18-16/h5-10,12,23H,3-4,11H2,1-2H3. The number of azo groups is 1. The van der Waals surface area contributed by atoms with Gasteiger partial charge in [0, 0.05) is 18.8 Å². The zero-order chi connectivity index (χ0) is 16.7. The molecule has 1 heterocycles. The molecule has 0 aromatic heterocycles. The van der Waals surface area contributed by atoms with Crippen molar-refractivity contribution < 1.29 is 5.21 Å². The van der Waals surface area contributed by atoms with Gasteiger partial charge in [-0.25, -0.2) is 3.28 Å². The first-order valence-corrected chi connectivity index (χ1v) is 9.86. The molecular formula is C16H20ClIN4O. The van der Waals surface area contributed by atoms with Crippen molar-refractivity contribution in [2.75, 3.05) is 18.0 Å². The lowest BCUT2D eigenvalue weighted by Crippen LogP contribution is -2.23. The largest absolute Gasteiger partial charge is 0.372 e. The van der Waals surface area contributed by atoms with Crippen LogP contribution in [-0.4, -0.2) is 25.2 Å². The van der Waals surface area contributed by atoms with Crippen LogP contribution in [0.1, 0.15) is 20.3 Å². The van der Waals surface area contributed by atoms with E-state index in [1.54, 1.807) is 12.2 Å². The molecule has 124 valence electrons. The summed E-state index contributed by atoms with van der Waals surface area (Å²) in [6.45, 7) is 6.37. The number of allylic oxidation sites excluding steroid dienone is 2. The van der Waals surface area contributed by atoms with E-state index in [0.717, 1.165) is 32.1 Å². The molecule has 0 unspecified atom stereocenters. The Bertz CT molecular complexity index is 640. The van der Waals surface area contributed by atoms with Gasteiger partial charge in [-0.15, -0.1) is 5.11 Å². The number of benzene rings is 1. The van der Waals surface area contributed by atoms with Crippen LogP contribution in [0.25, 0.3) is 0 Å². The third-order valence-corrected chi connectivity index (χ3v) is 5.20. The predicted octanol–water partition coefficient (Wildman–Crippen LogP) is 5.36. The van der Waals surface area contributed by atoms with Crippen LogP contribution < -0.4 is 4.90 Å². The van der Waals surface area contributed by atoms with Crippen molar-refractivity contribution in [3.05, 3.63) is 47.6 Å². The quantitative estimate of drug-likeness (QED) is 0.363. The second kappa shape index (κ2) is 9.14. The smallest absolute Gasteiger partial charge is 0.137 e. The summed E-state index contributed by atoms with van der Waals surface area (Å²) in [4.78, 5) is 2.33. The number of hydrogen-bond donors (Lipinski definition) is 1. The molecule has 0 amide bonds. The molecule has 1 aliphatic heterocycles. The first-order valence-electron chi connectivity index (χ1n) is 7.44. The molecule has 0 aliphatic carbocycles. The van der Waals surface area contributed by atoms with Gasteiger partial charge in [-0.1, -0.05) is 18.5 Å². The van der Waals surface area contributed by atoms with Crippen LogP contribution in [0.3, 0.4) is 0 Å². The van der Waals surface area contributed by atoms with Gasteiger partial charge in [-0.2, -0.15) is 5.11 Å². The summed E-state index contributed by atoms with van der Waals surface area (Å²) >= 11 is 5.08. The Hall–Kier alpha value is -1.25. The maximum Gasteiger partial charge on any atom is 0.137 e. The monoisotopic (exact) mass is 446 g/mol. The third kappa shape index (κ3) is 5.71. The third-order valence-electron chi connectivity index (χ3n) is 3.13. The van der Waals surface area contributed by atoms with Crippen LogP contribution in [0.2, 0.25) is 0 Å². The molecule has 1 aromatic carbocycles. The van der Waals surface area contributed by atoms with E-state index < -0.39 is 21.0 Å². The maximum atomic E-state index is 9.66. The van der Waals surface area contributed by atoms with E-state index in [-0.39, 0.29) is 0 Å². The fourth-order valence-electron chi connectivity index (χ4n) is 2.06. The molecule has 2 rings (SSSR count). The van der Waals surface area contributed by atoms with E-state index in [0.29, 0.717) is 5.03 Å². The van der Waals surface area contributed by atoms with E-state index in [9.17, 15) is 5.21 Å². The van der Waals surface area contributed by atoms with Crippen LogP contribution in [0, 0.1) is 0 Å². The first-order chi connectivity index (χ1) is 11.1. The summed E-state index contributed by atoms with van der Waals surface area (Å²) in [5, 5.41) is 18.6. The van der Waals surface area contributed by atoms with Gasteiger partial charge in [0.15, 0.2) is 0 Å². The highest BCUT2D eigenvalue weighted by Crippen LogP contribution is 2.22. The number of nitrogens with zero attached hydrogens (tertiary/aromatic N) is 4. The van der Waals surface area contributed by atoms with E-state index in [1.165, 1.54) is 11.9 Å². The lowest BCUT2D eigenvalue weighted by molar-refractivity contribution is 0.0926. The molecule has 0 atom stereocenters. The van der Waals surface area contributed by atoms with Gasteiger partial charge in [0.05, 0.1) is 37.9 Å². The SMILES string of the molecule is CCCN(CC)c1ccc(N=NC2=IN(O)C=C(Cl)C=C2)cc1. The number of hydrogen-bond acceptors (Lipinski definition) is 5. The van der Waals surface area contributed by atoms with Crippen LogP contribution in [0.4, 0.5) is 11.4 Å². The summed E-state index contributed by atoms with van der Waals surface area (Å²) in [5.74, 6) is 0. The van der Waals surface area contributed by atoms with Crippen molar-refractivity contribution in [2.24, 2.45) is 10.2 Å². The maximum absolute atomic E-state index is 9.66. The van der Waals surface area contributed by atoms with Crippen LogP contribution in [0.15, 0.2) is 57.9 Å². The summed E-state index contributed by atoms with van der Waals surface area (Å²) < 4.78 is 1.84. The lowest BCUT2D eigenvalue weighted by Gasteiger charge is -2.22. The zero-order valence-electron chi connectivity index (χ0n) is 13.2. The molecule has 5 nitrogen and oxygen atoms in total. The second-order valence-electron chi connectivity index (χ2n) is 4.84. The first kappa shape index (κ1) is 18.1. The van der Waals surface area contributed by atoms with Crippen molar-refractivity contribution in [1.29, 1.82) is 0 Å². The molecule has 0 saturated carbocycles. The van der Waals surface area contributed by atoms with E-state index in [4.69, 9.17) is 11.6 Å². The minimum Gasteiger partial charge on any atom is -0.372 e. The van der Waals surface area contributed by atoms with E-state index in [2.05, 4.69) is 41.1 Å². The zero-order valence-corrected chi connectivity index (χ0v) is 16.1. The molecule has 0 saturated heterocycles. The number of rotatable bonds is 6. The predicted molar refractivity (Wildman–Crippen MR) is 105 cm³/mol. The summed E-state index contributed by atoms with van der Waals surface area (Å²) in [6.07, 6.45) is 6.10. The van der Waals surface area contributed by atoms with Gasteiger partial charge in [0.2, 0.25) is 0 Å². The molecule has 1 N–H and O–H groups in total. The topological polar surface area (TPSA) is 51.4 Å². The van der Waals surface area contributed by atoms with Gasteiger partial charge >= 0.3 is 0 Å². The van der Waals surface area contributed by atoms with Crippen molar-refractivity contribution >= 4 is 47.6 Å². The summed E-state index contributed by atoms with van der Waals surface area (Å²) in [6, 6.07) is 8.04. The van der Waals surface area contributed by atoms with Gasteiger partial charge in [-0.3, -0.25) is 5.21 Å². The Labute approximate surface area is 152 Å². The fraction of sp³-hybridized carbons (Fsp3) is 0.312. The molecule has 0 radical (unpaired) electrons. The van der Waals surface area contributed by atoms with Gasteiger partial charge in [-0.05, 0) is 49.8 Å². The lowest BCUT2D eigenvalue weighted by atomic mass is 10.2. The van der Waals surface area contributed by atoms with Crippen molar-refractivity contribution in [2.45, 2.75) is 20.3 Å². The fourth-order valence-corrected chi connectivity index (χ4v) is 3.87. The van der Waals surface area contributed by atoms with Gasteiger partial charge < -0.3 is 4.90 Å². The number of hydroxylamine groups is 1. The molecular weight excluding hydrogens is 427 g/mol. The normalized spacial score (nSPS) is 15.0. The highest BCUT2D eigenvalue weighted by Gasteiger charge is 2.04. The van der Waals surface area contributed by atoms with Crippen molar-refractivity contribution in [3.8, 4) is 0 Å². The Kier molecular flexibility index (Phi) is 7.19. The minimum atomic E-state index is -0.803. The van der Waals surface area contributed by atoms with Gasteiger partial charge in [0.1, 0.15) is 3.63 Å². The Balaban J connectivity index is 2.07. The highest BCUT2D eigenvalue weighted by atomic mass is 127. The molecule has 23 heavy (non-hydrogen) atoms. The van der Waals surface area contributed by atoms with E-state index >= 15 is 0 Å². The molecule has 0 fully saturated rings. The number of anilines is 1. The van der Waals surface area contributed by atoms with E-state index in [1.807, 2.05) is 12.1 Å². The molecule has 7 heteroatoms. The van der Waals surface area contributed by atoms with Crippen LogP contribution in [-0.2, 0) is 0 Å². The Morgan fingerprint density at radius 3 is 2.57 bits per heavy atom. The summed E-state index contributed by atoms with van der Waals surface area (Å²) in [7, 11) is 0. The average Bonchev–Trinajstić information content (AvgIpc) is 2.71. The Morgan fingerprint density at radius 1 is 1.17 bits per heavy atom. The average molecular weight is 447 g/mol. The number of halogens is 2. The summed E-state index contributed by atoms with van der Waals surface area (Å²) in [5.41, 5.74) is 1.99. The van der Waals surface area contributed by atoms with Crippen molar-refractivity contribution in [1.82, 2.24) is 3.28 Å². The van der Waals surface area contributed by atoms with Crippen LogP contribution in [0.5, 0.6) is 0 Å². The van der Waals surface area contributed by atoms with Gasteiger partial charge in [0.25, 0.3) is 0 Å². The molecule has 0 spiro atoms. The Morgan fingerprint density at radius 2 is 1.91 bits per heavy atom.